The van der Waals surface area contributed by atoms with Gasteiger partial charge in [-0.15, -0.1) is 0 Å². The van der Waals surface area contributed by atoms with E-state index in [1.165, 1.54) is 57.8 Å². The molecular weight excluding hydrogens is 376 g/mol. The van der Waals surface area contributed by atoms with Crippen LogP contribution in [0.2, 0.25) is 0 Å². The fourth-order valence-corrected chi connectivity index (χ4v) is 10.8. The Bertz CT molecular complexity index is 790. The van der Waals surface area contributed by atoms with E-state index in [2.05, 4.69) is 61.5 Å². The third-order valence-electron chi connectivity index (χ3n) is 12.7. The second kappa shape index (κ2) is 6.43. The first-order chi connectivity index (χ1) is 14.2. The second-order valence-corrected chi connectivity index (χ2v) is 15.3. The molecule has 0 aliphatic heterocycles. The smallest absolute Gasteiger partial charge is 0.0594 e. The van der Waals surface area contributed by atoms with E-state index in [0.29, 0.717) is 33.0 Å². The zero-order valence-electron chi connectivity index (χ0n) is 21.9. The summed E-state index contributed by atoms with van der Waals surface area (Å²) >= 11 is 0. The fraction of sp³-hybridized carbons (Fsp3) is 0.933. The SMILES string of the molecule is CC1(C)CC[C@@]2(C)CC=C3[C@@](C)(CC[C@H]4[C@]5(C)CC[C@@H](O)C(C)(C)[C@@H]5CC[C@]34C)[C@@H]2C1. The van der Waals surface area contributed by atoms with Gasteiger partial charge in [-0.3, -0.25) is 0 Å². The van der Waals surface area contributed by atoms with Crippen LogP contribution in [0.25, 0.3) is 0 Å². The number of rotatable bonds is 0. The summed E-state index contributed by atoms with van der Waals surface area (Å²) < 4.78 is 0. The molecule has 5 aliphatic rings. The minimum Gasteiger partial charge on any atom is -0.393 e. The van der Waals surface area contributed by atoms with Crippen molar-refractivity contribution in [3.63, 3.8) is 0 Å². The van der Waals surface area contributed by atoms with Crippen molar-refractivity contribution in [3.05, 3.63) is 11.6 Å². The minimum atomic E-state index is -0.122. The molecule has 1 N–H and O–H groups in total. The van der Waals surface area contributed by atoms with Crippen LogP contribution in [0.4, 0.5) is 0 Å². The zero-order chi connectivity index (χ0) is 22.7. The third kappa shape index (κ3) is 2.83. The van der Waals surface area contributed by atoms with Crippen LogP contribution in [0.1, 0.15) is 120 Å². The molecule has 0 radical (unpaired) electrons. The number of fused-ring (bicyclic) bond motifs is 7. The average Bonchev–Trinajstić information content (AvgIpc) is 2.66. The first-order valence-electron chi connectivity index (χ1n) is 13.6. The largest absolute Gasteiger partial charge is 0.393 e. The van der Waals surface area contributed by atoms with Gasteiger partial charge in [-0.2, -0.15) is 0 Å². The molecule has 1 nitrogen and oxygen atoms in total. The van der Waals surface area contributed by atoms with E-state index in [9.17, 15) is 5.11 Å². The molecule has 0 aromatic carbocycles. The average molecular weight is 427 g/mol. The Morgan fingerprint density at radius 2 is 1.32 bits per heavy atom. The second-order valence-electron chi connectivity index (χ2n) is 15.3. The maximum absolute atomic E-state index is 10.9. The van der Waals surface area contributed by atoms with Crippen molar-refractivity contribution in [1.29, 1.82) is 0 Å². The summed E-state index contributed by atoms with van der Waals surface area (Å²) in [4.78, 5) is 0. The number of allylic oxidation sites excluding steroid dienone is 2. The molecular formula is C30H50O. The summed E-state index contributed by atoms with van der Waals surface area (Å²) in [5, 5.41) is 10.9. The van der Waals surface area contributed by atoms with Crippen LogP contribution in [-0.4, -0.2) is 11.2 Å². The van der Waals surface area contributed by atoms with Crippen molar-refractivity contribution >= 4 is 0 Å². The summed E-state index contributed by atoms with van der Waals surface area (Å²) in [5.74, 6) is 2.29. The van der Waals surface area contributed by atoms with Gasteiger partial charge in [-0.05, 0) is 114 Å². The van der Waals surface area contributed by atoms with Crippen molar-refractivity contribution in [2.24, 2.45) is 50.2 Å². The third-order valence-corrected chi connectivity index (χ3v) is 12.7. The molecule has 0 heterocycles. The van der Waals surface area contributed by atoms with Gasteiger partial charge in [0.25, 0.3) is 0 Å². The molecule has 4 fully saturated rings. The van der Waals surface area contributed by atoms with Gasteiger partial charge in [0, 0.05) is 0 Å². The summed E-state index contributed by atoms with van der Waals surface area (Å²) in [6, 6.07) is 0. The molecule has 5 aliphatic carbocycles. The lowest BCUT2D eigenvalue weighted by Crippen LogP contribution is -2.63. The van der Waals surface area contributed by atoms with E-state index < -0.39 is 0 Å². The highest BCUT2D eigenvalue weighted by atomic mass is 16.3. The Labute approximate surface area is 192 Å². The van der Waals surface area contributed by atoms with Gasteiger partial charge in [0.15, 0.2) is 0 Å². The minimum absolute atomic E-state index is 0.0575. The topological polar surface area (TPSA) is 20.2 Å². The number of aliphatic hydroxyl groups excluding tert-OH is 1. The molecule has 0 bridgehead atoms. The van der Waals surface area contributed by atoms with E-state index in [1.807, 2.05) is 5.57 Å². The molecule has 0 aromatic rings. The maximum atomic E-state index is 10.9. The summed E-state index contributed by atoms with van der Waals surface area (Å²) in [7, 11) is 0. The monoisotopic (exact) mass is 426 g/mol. The normalized spacial score (nSPS) is 55.2. The molecule has 0 saturated heterocycles. The standard InChI is InChI=1S/C30H50O/c1-25(2)17-18-27(5)13-9-21-29(7)14-10-20-26(3,4)24(31)12-16-28(20,6)22(29)11-15-30(21,8)23(27)19-25/h9,20,22-24,31H,10-19H2,1-8H3/t20-,22-,23+,24+,27+,28+,29+,30+/m0/s1. The van der Waals surface area contributed by atoms with Crippen molar-refractivity contribution in [1.82, 2.24) is 0 Å². The van der Waals surface area contributed by atoms with E-state index in [1.54, 1.807) is 0 Å². The highest BCUT2D eigenvalue weighted by Crippen LogP contribution is 2.74. The van der Waals surface area contributed by atoms with Gasteiger partial charge >= 0.3 is 0 Å². The van der Waals surface area contributed by atoms with Gasteiger partial charge < -0.3 is 5.11 Å². The summed E-state index contributed by atoms with van der Waals surface area (Å²) in [5.41, 5.74) is 4.07. The Morgan fingerprint density at radius 1 is 0.710 bits per heavy atom. The molecule has 1 heteroatoms. The van der Waals surface area contributed by atoms with Crippen LogP contribution in [0, 0.1) is 50.2 Å². The van der Waals surface area contributed by atoms with E-state index in [4.69, 9.17) is 0 Å². The van der Waals surface area contributed by atoms with Gasteiger partial charge in [-0.1, -0.05) is 67.0 Å². The number of hydrogen-bond donors (Lipinski definition) is 1. The summed E-state index contributed by atoms with van der Waals surface area (Å²) in [6.07, 6.45) is 15.8. The predicted octanol–water partition coefficient (Wildman–Crippen LogP) is 8.17. The van der Waals surface area contributed by atoms with Crippen LogP contribution >= 0.6 is 0 Å². The predicted molar refractivity (Wildman–Crippen MR) is 131 cm³/mol. The molecule has 5 rings (SSSR count). The molecule has 0 amide bonds. The highest BCUT2D eigenvalue weighted by molar-refractivity contribution is 5.34. The first-order valence-corrected chi connectivity index (χ1v) is 13.6. The number of hydrogen-bond acceptors (Lipinski definition) is 1. The van der Waals surface area contributed by atoms with Crippen molar-refractivity contribution in [2.75, 3.05) is 0 Å². The lowest BCUT2D eigenvalue weighted by atomic mass is 9.35. The maximum Gasteiger partial charge on any atom is 0.0594 e. The van der Waals surface area contributed by atoms with Crippen LogP contribution < -0.4 is 0 Å². The Balaban J connectivity index is 1.56. The Hall–Kier alpha value is -0.300. The first kappa shape index (κ1) is 22.5. The Kier molecular flexibility index (Phi) is 4.66. The van der Waals surface area contributed by atoms with E-state index >= 15 is 0 Å². The van der Waals surface area contributed by atoms with Crippen LogP contribution in [0.3, 0.4) is 0 Å². The van der Waals surface area contributed by atoms with Gasteiger partial charge in [0.2, 0.25) is 0 Å². The van der Waals surface area contributed by atoms with E-state index in [0.717, 1.165) is 18.3 Å². The lowest BCUT2D eigenvalue weighted by molar-refractivity contribution is -0.184. The Morgan fingerprint density at radius 3 is 2.00 bits per heavy atom. The van der Waals surface area contributed by atoms with E-state index in [-0.39, 0.29) is 11.5 Å². The molecule has 0 spiro atoms. The van der Waals surface area contributed by atoms with Gasteiger partial charge in [0.1, 0.15) is 0 Å². The zero-order valence-corrected chi connectivity index (χ0v) is 21.9. The van der Waals surface area contributed by atoms with Crippen molar-refractivity contribution < 1.29 is 5.11 Å². The molecule has 31 heavy (non-hydrogen) atoms. The summed E-state index contributed by atoms with van der Waals surface area (Å²) in [6.45, 7) is 20.4. The molecule has 8 atom stereocenters. The highest BCUT2D eigenvalue weighted by Gasteiger charge is 2.66. The van der Waals surface area contributed by atoms with Crippen LogP contribution in [0.5, 0.6) is 0 Å². The fourth-order valence-electron chi connectivity index (χ4n) is 10.8. The quantitative estimate of drug-likeness (QED) is 0.387. The molecule has 176 valence electrons. The van der Waals surface area contributed by atoms with Crippen molar-refractivity contribution in [2.45, 2.75) is 126 Å². The van der Waals surface area contributed by atoms with Gasteiger partial charge in [-0.25, -0.2) is 0 Å². The molecule has 4 saturated carbocycles. The lowest BCUT2D eigenvalue weighted by Gasteiger charge is -2.70. The molecule has 0 aromatic heterocycles. The van der Waals surface area contributed by atoms with Crippen LogP contribution in [-0.2, 0) is 0 Å². The molecule has 0 unspecified atom stereocenters. The van der Waals surface area contributed by atoms with Crippen LogP contribution in [0.15, 0.2) is 11.6 Å². The van der Waals surface area contributed by atoms with Gasteiger partial charge in [0.05, 0.1) is 6.10 Å². The van der Waals surface area contributed by atoms with Crippen molar-refractivity contribution in [3.8, 4) is 0 Å². The number of aliphatic hydroxyl groups is 1.